The van der Waals surface area contributed by atoms with E-state index in [1.54, 1.807) is 0 Å². The van der Waals surface area contributed by atoms with E-state index < -0.39 is 5.97 Å². The van der Waals surface area contributed by atoms with Gasteiger partial charge in [0, 0.05) is 11.0 Å². The molecule has 0 amide bonds. The quantitative estimate of drug-likeness (QED) is 0.922. The van der Waals surface area contributed by atoms with Gasteiger partial charge in [0.15, 0.2) is 0 Å². The Morgan fingerprint density at radius 2 is 2.33 bits per heavy atom. The van der Waals surface area contributed by atoms with Crippen LogP contribution in [-0.2, 0) is 11.3 Å². The van der Waals surface area contributed by atoms with E-state index in [9.17, 15) is 9.90 Å². The minimum absolute atomic E-state index is 0.207. The van der Waals surface area contributed by atoms with E-state index in [1.165, 1.54) is 0 Å². The summed E-state index contributed by atoms with van der Waals surface area (Å²) in [6, 6.07) is 5.34. The maximum atomic E-state index is 11.3. The molecule has 2 unspecified atom stereocenters. The Balaban J connectivity index is 2.13. The van der Waals surface area contributed by atoms with E-state index in [4.69, 9.17) is 11.6 Å². The first kappa shape index (κ1) is 13.8. The maximum absolute atomic E-state index is 11.3. The Hall–Kier alpha value is -0.580. The molecule has 1 aromatic carbocycles. The molecular formula is C13H15BrClNO2. The average Bonchev–Trinajstić information content (AvgIpc) is 2.65. The highest BCUT2D eigenvalue weighted by Crippen LogP contribution is 2.28. The number of benzene rings is 1. The first-order valence-corrected chi connectivity index (χ1v) is 7.07. The van der Waals surface area contributed by atoms with Crippen molar-refractivity contribution in [1.82, 2.24) is 4.90 Å². The molecule has 1 N–H and O–H groups in total. The van der Waals surface area contributed by atoms with Gasteiger partial charge in [-0.1, -0.05) is 24.6 Å². The number of hydrogen-bond donors (Lipinski definition) is 1. The summed E-state index contributed by atoms with van der Waals surface area (Å²) in [6.07, 6.45) is 0.936. The van der Waals surface area contributed by atoms with Crippen molar-refractivity contribution in [3.63, 3.8) is 0 Å². The molecule has 1 aromatic rings. The van der Waals surface area contributed by atoms with Crippen molar-refractivity contribution in [2.75, 3.05) is 6.54 Å². The Kier molecular flexibility index (Phi) is 4.30. The topological polar surface area (TPSA) is 40.5 Å². The van der Waals surface area contributed by atoms with Crippen LogP contribution in [0.4, 0.5) is 0 Å². The van der Waals surface area contributed by atoms with E-state index in [0.29, 0.717) is 11.6 Å². The smallest absolute Gasteiger partial charge is 0.321 e. The largest absolute Gasteiger partial charge is 0.480 e. The van der Waals surface area contributed by atoms with Crippen LogP contribution in [0.1, 0.15) is 18.9 Å². The lowest BCUT2D eigenvalue weighted by Gasteiger charge is -2.23. The minimum Gasteiger partial charge on any atom is -0.480 e. The van der Waals surface area contributed by atoms with Crippen LogP contribution in [0.2, 0.25) is 5.02 Å². The Morgan fingerprint density at radius 1 is 1.61 bits per heavy atom. The van der Waals surface area contributed by atoms with Gasteiger partial charge in [0.05, 0.1) is 5.02 Å². The molecule has 5 heteroatoms. The summed E-state index contributed by atoms with van der Waals surface area (Å²) in [5.74, 6) is -0.522. The summed E-state index contributed by atoms with van der Waals surface area (Å²) in [5, 5.41) is 9.93. The number of nitrogens with zero attached hydrogens (tertiary/aromatic N) is 1. The summed E-state index contributed by atoms with van der Waals surface area (Å²) in [4.78, 5) is 13.3. The molecule has 0 saturated carbocycles. The first-order chi connectivity index (χ1) is 8.49. The van der Waals surface area contributed by atoms with Gasteiger partial charge in [-0.05, 0) is 52.5 Å². The number of carboxylic acids is 1. The van der Waals surface area contributed by atoms with E-state index in [2.05, 4.69) is 15.9 Å². The molecule has 18 heavy (non-hydrogen) atoms. The lowest BCUT2D eigenvalue weighted by atomic mass is 10.0. The zero-order valence-corrected chi connectivity index (χ0v) is 12.4. The molecule has 2 rings (SSSR count). The van der Waals surface area contributed by atoms with Gasteiger partial charge in [0.2, 0.25) is 0 Å². The number of aliphatic carboxylic acids is 1. The van der Waals surface area contributed by atoms with Crippen LogP contribution in [0.25, 0.3) is 0 Å². The number of rotatable bonds is 3. The molecule has 1 saturated heterocycles. The predicted octanol–water partition coefficient (Wildman–Crippen LogP) is 3.40. The van der Waals surface area contributed by atoms with Gasteiger partial charge < -0.3 is 5.11 Å². The Bertz CT molecular complexity index is 466. The van der Waals surface area contributed by atoms with Gasteiger partial charge in [0.25, 0.3) is 0 Å². The highest BCUT2D eigenvalue weighted by molar-refractivity contribution is 9.10. The van der Waals surface area contributed by atoms with Crippen molar-refractivity contribution in [3.05, 3.63) is 33.3 Å². The molecule has 98 valence electrons. The number of hydrogen-bond acceptors (Lipinski definition) is 2. The van der Waals surface area contributed by atoms with Crippen molar-refractivity contribution in [2.24, 2.45) is 5.92 Å². The summed E-state index contributed by atoms with van der Waals surface area (Å²) in [7, 11) is 0. The summed E-state index contributed by atoms with van der Waals surface area (Å²) < 4.78 is 0.848. The Morgan fingerprint density at radius 3 is 2.94 bits per heavy atom. The second-order valence-electron chi connectivity index (χ2n) is 4.77. The summed E-state index contributed by atoms with van der Waals surface area (Å²) in [5.41, 5.74) is 1.08. The molecule has 0 radical (unpaired) electrons. The van der Waals surface area contributed by atoms with Gasteiger partial charge in [-0.25, -0.2) is 0 Å². The van der Waals surface area contributed by atoms with Crippen LogP contribution in [0, 0.1) is 5.92 Å². The maximum Gasteiger partial charge on any atom is 0.321 e. The predicted molar refractivity (Wildman–Crippen MR) is 74.8 cm³/mol. The SMILES string of the molecule is CC1CCN(Cc2ccc(Cl)c(Br)c2)C1C(=O)O. The van der Waals surface area contributed by atoms with Crippen LogP contribution >= 0.6 is 27.5 Å². The highest BCUT2D eigenvalue weighted by atomic mass is 79.9. The number of likely N-dealkylation sites (tertiary alicyclic amines) is 1. The number of carbonyl (C=O) groups is 1. The van der Waals surface area contributed by atoms with Crippen molar-refractivity contribution in [2.45, 2.75) is 25.9 Å². The van der Waals surface area contributed by atoms with Crippen molar-refractivity contribution < 1.29 is 9.90 Å². The molecule has 3 nitrogen and oxygen atoms in total. The summed E-state index contributed by atoms with van der Waals surface area (Å²) in [6.45, 7) is 3.48. The van der Waals surface area contributed by atoms with E-state index >= 15 is 0 Å². The monoisotopic (exact) mass is 331 g/mol. The van der Waals surface area contributed by atoms with Gasteiger partial charge >= 0.3 is 5.97 Å². The average molecular weight is 333 g/mol. The van der Waals surface area contributed by atoms with Gasteiger partial charge in [-0.2, -0.15) is 0 Å². The zero-order chi connectivity index (χ0) is 13.3. The third kappa shape index (κ3) is 2.87. The minimum atomic E-state index is -0.729. The molecule has 1 fully saturated rings. The fourth-order valence-corrected chi connectivity index (χ4v) is 3.02. The second-order valence-corrected chi connectivity index (χ2v) is 6.03. The molecule has 2 atom stereocenters. The highest BCUT2D eigenvalue weighted by Gasteiger charge is 2.36. The van der Waals surface area contributed by atoms with Crippen LogP contribution < -0.4 is 0 Å². The number of halogens is 2. The third-order valence-corrected chi connectivity index (χ3v) is 4.64. The van der Waals surface area contributed by atoms with Gasteiger partial charge in [0.1, 0.15) is 6.04 Å². The fourth-order valence-electron chi connectivity index (χ4n) is 2.48. The molecule has 1 aliphatic heterocycles. The van der Waals surface area contributed by atoms with Crippen molar-refractivity contribution in [1.29, 1.82) is 0 Å². The molecule has 0 aliphatic carbocycles. The first-order valence-electron chi connectivity index (χ1n) is 5.90. The van der Waals surface area contributed by atoms with Crippen molar-refractivity contribution in [3.8, 4) is 0 Å². The lowest BCUT2D eigenvalue weighted by molar-refractivity contribution is -0.143. The third-order valence-electron chi connectivity index (χ3n) is 3.43. The standard InChI is InChI=1S/C13H15BrClNO2/c1-8-4-5-16(12(8)13(17)18)7-9-2-3-11(15)10(14)6-9/h2-3,6,8,12H,4-5,7H2,1H3,(H,17,18). The zero-order valence-electron chi connectivity index (χ0n) is 10.1. The van der Waals surface area contributed by atoms with E-state index in [0.717, 1.165) is 23.0 Å². The van der Waals surface area contributed by atoms with E-state index in [1.807, 2.05) is 30.0 Å². The van der Waals surface area contributed by atoms with Crippen LogP contribution in [0.15, 0.2) is 22.7 Å². The summed E-state index contributed by atoms with van der Waals surface area (Å²) >= 11 is 9.33. The van der Waals surface area contributed by atoms with Gasteiger partial charge in [-0.15, -0.1) is 0 Å². The van der Waals surface area contributed by atoms with Crippen LogP contribution in [-0.4, -0.2) is 28.6 Å². The number of carboxylic acid groups (broad SMARTS) is 1. The molecule has 0 aromatic heterocycles. The molecular weight excluding hydrogens is 318 g/mol. The van der Waals surface area contributed by atoms with E-state index in [-0.39, 0.29) is 12.0 Å². The van der Waals surface area contributed by atoms with Crippen molar-refractivity contribution >= 4 is 33.5 Å². The normalized spacial score (nSPS) is 24.4. The molecule has 0 spiro atoms. The molecule has 1 heterocycles. The Labute approximate surface area is 120 Å². The fraction of sp³-hybridized carbons (Fsp3) is 0.462. The molecule has 1 aliphatic rings. The van der Waals surface area contributed by atoms with Crippen LogP contribution in [0.3, 0.4) is 0 Å². The van der Waals surface area contributed by atoms with Crippen LogP contribution in [0.5, 0.6) is 0 Å². The lowest BCUT2D eigenvalue weighted by Crippen LogP contribution is -2.38. The second kappa shape index (κ2) is 5.59. The molecule has 0 bridgehead atoms. The van der Waals surface area contributed by atoms with Gasteiger partial charge in [-0.3, -0.25) is 9.69 Å².